The van der Waals surface area contributed by atoms with E-state index in [1.54, 1.807) is 0 Å². The predicted octanol–water partition coefficient (Wildman–Crippen LogP) is 3.54. The third-order valence-electron chi connectivity index (χ3n) is 4.52. The molecule has 1 fully saturated rings. The van der Waals surface area contributed by atoms with E-state index in [0.29, 0.717) is 0 Å². The number of imidazole rings is 1. The Bertz CT molecular complexity index is 662. The number of halogens is 1. The standard InChI is InChI=1S/C20H29N5.HI/c1-2-11-22-20(24-14-6-7-15-24)23-12-10-19-21-13-16-25(19)17-18-8-4-3-5-9-18;/h3-5,8-9,13,16H,2,6-7,10-12,14-15,17H2,1H3,(H,22,23);1H. The summed E-state index contributed by atoms with van der Waals surface area (Å²) in [5.74, 6) is 2.19. The number of hydrogen-bond donors (Lipinski definition) is 1. The van der Waals surface area contributed by atoms with Crippen LogP contribution in [0.3, 0.4) is 0 Å². The smallest absolute Gasteiger partial charge is 0.193 e. The fourth-order valence-electron chi connectivity index (χ4n) is 3.19. The fourth-order valence-corrected chi connectivity index (χ4v) is 3.19. The third kappa shape index (κ3) is 6.00. The summed E-state index contributed by atoms with van der Waals surface area (Å²) < 4.78 is 2.23. The highest BCUT2D eigenvalue weighted by Gasteiger charge is 2.15. The van der Waals surface area contributed by atoms with Crippen LogP contribution in [0.4, 0.5) is 0 Å². The number of rotatable bonds is 7. The van der Waals surface area contributed by atoms with Gasteiger partial charge in [0.1, 0.15) is 5.82 Å². The number of likely N-dealkylation sites (tertiary alicyclic amines) is 1. The van der Waals surface area contributed by atoms with Crippen molar-refractivity contribution in [3.63, 3.8) is 0 Å². The predicted molar refractivity (Wildman–Crippen MR) is 118 cm³/mol. The molecule has 0 spiro atoms. The molecular weight excluding hydrogens is 437 g/mol. The minimum atomic E-state index is 0. The summed E-state index contributed by atoms with van der Waals surface area (Å²) in [5.41, 5.74) is 1.30. The Balaban J connectivity index is 0.00000243. The van der Waals surface area contributed by atoms with E-state index in [0.717, 1.165) is 57.3 Å². The molecule has 1 aromatic heterocycles. The van der Waals surface area contributed by atoms with E-state index in [2.05, 4.69) is 63.2 Å². The van der Waals surface area contributed by atoms with Crippen molar-refractivity contribution in [1.29, 1.82) is 0 Å². The average Bonchev–Trinajstić information content (AvgIpc) is 3.31. The highest BCUT2D eigenvalue weighted by atomic mass is 127. The highest BCUT2D eigenvalue weighted by Crippen LogP contribution is 2.08. The van der Waals surface area contributed by atoms with Crippen LogP contribution >= 0.6 is 24.0 Å². The summed E-state index contributed by atoms with van der Waals surface area (Å²) in [6.07, 6.45) is 8.49. The SMILES string of the molecule is CCCN=C(NCCc1nccn1Cc1ccccc1)N1CCCC1.I. The molecule has 1 aliphatic rings. The summed E-state index contributed by atoms with van der Waals surface area (Å²) in [4.78, 5) is 11.7. The number of hydrogen-bond acceptors (Lipinski definition) is 2. The van der Waals surface area contributed by atoms with Crippen molar-refractivity contribution >= 4 is 29.9 Å². The van der Waals surface area contributed by atoms with E-state index in [1.807, 2.05) is 6.20 Å². The number of nitrogens with zero attached hydrogens (tertiary/aromatic N) is 4. The van der Waals surface area contributed by atoms with Crippen LogP contribution in [0.15, 0.2) is 47.7 Å². The lowest BCUT2D eigenvalue weighted by molar-refractivity contribution is 0.490. The summed E-state index contributed by atoms with van der Waals surface area (Å²) >= 11 is 0. The van der Waals surface area contributed by atoms with Gasteiger partial charge in [-0.1, -0.05) is 37.3 Å². The summed E-state index contributed by atoms with van der Waals surface area (Å²) in [5, 5.41) is 3.55. The molecule has 1 saturated heterocycles. The van der Waals surface area contributed by atoms with Gasteiger partial charge in [-0.25, -0.2) is 4.98 Å². The lowest BCUT2D eigenvalue weighted by Crippen LogP contribution is -2.40. The molecule has 142 valence electrons. The van der Waals surface area contributed by atoms with Gasteiger partial charge >= 0.3 is 0 Å². The lowest BCUT2D eigenvalue weighted by Gasteiger charge is -2.21. The van der Waals surface area contributed by atoms with E-state index in [4.69, 9.17) is 4.99 Å². The molecule has 0 bridgehead atoms. The van der Waals surface area contributed by atoms with Gasteiger partial charge in [-0.15, -0.1) is 24.0 Å². The summed E-state index contributed by atoms with van der Waals surface area (Å²) in [6, 6.07) is 10.5. The van der Waals surface area contributed by atoms with Gasteiger partial charge in [0, 0.05) is 51.5 Å². The first-order valence-electron chi connectivity index (χ1n) is 9.44. The average molecular weight is 467 g/mol. The molecule has 1 N–H and O–H groups in total. The molecule has 1 aromatic carbocycles. The van der Waals surface area contributed by atoms with E-state index in [-0.39, 0.29) is 24.0 Å². The maximum absolute atomic E-state index is 4.74. The van der Waals surface area contributed by atoms with Crippen LogP contribution in [0.25, 0.3) is 0 Å². The topological polar surface area (TPSA) is 45.5 Å². The van der Waals surface area contributed by atoms with Crippen molar-refractivity contribution < 1.29 is 0 Å². The van der Waals surface area contributed by atoms with E-state index in [9.17, 15) is 0 Å². The van der Waals surface area contributed by atoms with Gasteiger partial charge in [0.2, 0.25) is 0 Å². The van der Waals surface area contributed by atoms with Crippen molar-refractivity contribution in [3.8, 4) is 0 Å². The van der Waals surface area contributed by atoms with Crippen LogP contribution in [0.5, 0.6) is 0 Å². The number of aliphatic imine (C=N–C) groups is 1. The van der Waals surface area contributed by atoms with Crippen LogP contribution in [-0.2, 0) is 13.0 Å². The van der Waals surface area contributed by atoms with Crippen LogP contribution < -0.4 is 5.32 Å². The maximum atomic E-state index is 4.74. The zero-order chi connectivity index (χ0) is 17.3. The van der Waals surface area contributed by atoms with Gasteiger partial charge < -0.3 is 14.8 Å². The van der Waals surface area contributed by atoms with Crippen LogP contribution in [0.2, 0.25) is 0 Å². The Labute approximate surface area is 173 Å². The molecule has 0 aliphatic carbocycles. The molecule has 0 atom stereocenters. The lowest BCUT2D eigenvalue weighted by atomic mass is 10.2. The molecule has 0 unspecified atom stereocenters. The molecule has 3 rings (SSSR count). The monoisotopic (exact) mass is 467 g/mol. The van der Waals surface area contributed by atoms with Crippen molar-refractivity contribution in [2.24, 2.45) is 4.99 Å². The maximum Gasteiger partial charge on any atom is 0.193 e. The molecule has 26 heavy (non-hydrogen) atoms. The van der Waals surface area contributed by atoms with E-state index >= 15 is 0 Å². The minimum Gasteiger partial charge on any atom is -0.356 e. The van der Waals surface area contributed by atoms with Gasteiger partial charge in [-0.05, 0) is 24.8 Å². The second kappa shape index (κ2) is 11.2. The Hall–Kier alpha value is -1.57. The number of guanidine groups is 1. The van der Waals surface area contributed by atoms with E-state index in [1.165, 1.54) is 18.4 Å². The molecule has 2 heterocycles. The number of nitrogens with one attached hydrogen (secondary N) is 1. The zero-order valence-electron chi connectivity index (χ0n) is 15.6. The zero-order valence-corrected chi connectivity index (χ0v) is 17.9. The Kier molecular flexibility index (Phi) is 8.94. The first-order chi connectivity index (χ1) is 12.4. The quantitative estimate of drug-likeness (QED) is 0.385. The highest BCUT2D eigenvalue weighted by molar-refractivity contribution is 14.0. The first kappa shape index (κ1) is 20.7. The molecule has 6 heteroatoms. The second-order valence-corrected chi connectivity index (χ2v) is 6.53. The van der Waals surface area contributed by atoms with Crippen molar-refractivity contribution in [2.75, 3.05) is 26.2 Å². The normalized spacial score (nSPS) is 14.3. The van der Waals surface area contributed by atoms with Gasteiger partial charge in [-0.3, -0.25) is 4.99 Å². The molecule has 0 radical (unpaired) electrons. The van der Waals surface area contributed by atoms with Gasteiger partial charge in [0.25, 0.3) is 0 Å². The molecule has 2 aromatic rings. The molecule has 5 nitrogen and oxygen atoms in total. The second-order valence-electron chi connectivity index (χ2n) is 6.53. The molecule has 0 saturated carbocycles. The Morgan fingerprint density at radius 2 is 1.96 bits per heavy atom. The Morgan fingerprint density at radius 3 is 2.69 bits per heavy atom. The largest absolute Gasteiger partial charge is 0.356 e. The van der Waals surface area contributed by atoms with Gasteiger partial charge in [-0.2, -0.15) is 0 Å². The van der Waals surface area contributed by atoms with E-state index < -0.39 is 0 Å². The van der Waals surface area contributed by atoms with Gasteiger partial charge in [0.05, 0.1) is 0 Å². The first-order valence-corrected chi connectivity index (χ1v) is 9.44. The molecule has 0 amide bonds. The summed E-state index contributed by atoms with van der Waals surface area (Å²) in [7, 11) is 0. The van der Waals surface area contributed by atoms with Crippen LogP contribution in [-0.4, -0.2) is 46.6 Å². The summed E-state index contributed by atoms with van der Waals surface area (Å²) in [6.45, 7) is 7.05. The fraction of sp³-hybridized carbons (Fsp3) is 0.500. The third-order valence-corrected chi connectivity index (χ3v) is 4.52. The van der Waals surface area contributed by atoms with Crippen molar-refractivity contribution in [2.45, 2.75) is 39.2 Å². The van der Waals surface area contributed by atoms with Crippen LogP contribution in [0.1, 0.15) is 37.6 Å². The Morgan fingerprint density at radius 1 is 1.19 bits per heavy atom. The number of aromatic nitrogens is 2. The molecular formula is C20H30IN5. The molecule has 1 aliphatic heterocycles. The van der Waals surface area contributed by atoms with Gasteiger partial charge in [0.15, 0.2) is 5.96 Å². The van der Waals surface area contributed by atoms with Crippen LogP contribution in [0, 0.1) is 0 Å². The van der Waals surface area contributed by atoms with Crippen molar-refractivity contribution in [3.05, 3.63) is 54.1 Å². The van der Waals surface area contributed by atoms with Crippen molar-refractivity contribution in [1.82, 2.24) is 19.8 Å². The minimum absolute atomic E-state index is 0. The number of benzene rings is 1.